The van der Waals surface area contributed by atoms with Crippen molar-refractivity contribution in [2.45, 2.75) is 53.5 Å². The Morgan fingerprint density at radius 2 is 1.69 bits per heavy atom. The van der Waals surface area contributed by atoms with Crippen LogP contribution in [0.5, 0.6) is 0 Å². The van der Waals surface area contributed by atoms with E-state index in [1.165, 1.54) is 10.6 Å². The molecule has 0 fully saturated rings. The van der Waals surface area contributed by atoms with E-state index in [9.17, 15) is 8.42 Å². The van der Waals surface area contributed by atoms with Gasteiger partial charge in [0.1, 0.15) is 0 Å². The maximum Gasteiger partial charge on any atom is 0.211 e. The molecular formula is C12H27NO2S. The highest BCUT2D eigenvalue weighted by Gasteiger charge is 2.33. The standard InChI is InChI=1S/C12H27NO2S/c1-8-10(2)9-11(12(3,4)5)13(6)16(7,14)15/h10-11H,8-9H2,1-7H3. The van der Waals surface area contributed by atoms with Crippen LogP contribution in [0.4, 0.5) is 0 Å². The van der Waals surface area contributed by atoms with E-state index in [1.54, 1.807) is 7.05 Å². The second kappa shape index (κ2) is 5.50. The van der Waals surface area contributed by atoms with E-state index in [1.807, 2.05) is 0 Å². The van der Waals surface area contributed by atoms with Gasteiger partial charge in [0.05, 0.1) is 6.26 Å². The number of nitrogens with zero attached hydrogens (tertiary/aromatic N) is 1. The molecule has 2 atom stereocenters. The van der Waals surface area contributed by atoms with E-state index in [0.29, 0.717) is 5.92 Å². The number of hydrogen-bond acceptors (Lipinski definition) is 2. The topological polar surface area (TPSA) is 37.4 Å². The lowest BCUT2D eigenvalue weighted by Crippen LogP contribution is -2.45. The van der Waals surface area contributed by atoms with Gasteiger partial charge in [0, 0.05) is 13.1 Å². The first-order chi connectivity index (χ1) is 7.00. The predicted molar refractivity (Wildman–Crippen MR) is 69.9 cm³/mol. The Balaban J connectivity index is 4.97. The molecule has 0 saturated heterocycles. The zero-order chi connectivity index (χ0) is 13.1. The first-order valence-corrected chi connectivity index (χ1v) is 7.78. The van der Waals surface area contributed by atoms with Gasteiger partial charge in [-0.05, 0) is 17.8 Å². The molecule has 0 spiro atoms. The summed E-state index contributed by atoms with van der Waals surface area (Å²) >= 11 is 0. The fraction of sp³-hybridized carbons (Fsp3) is 1.00. The molecule has 0 amide bonds. The molecule has 0 aromatic rings. The van der Waals surface area contributed by atoms with Crippen LogP contribution in [0, 0.1) is 11.3 Å². The van der Waals surface area contributed by atoms with E-state index in [4.69, 9.17) is 0 Å². The monoisotopic (exact) mass is 249 g/mol. The molecule has 0 aliphatic heterocycles. The van der Waals surface area contributed by atoms with Gasteiger partial charge in [0.25, 0.3) is 0 Å². The molecule has 0 aliphatic carbocycles. The summed E-state index contributed by atoms with van der Waals surface area (Å²) in [4.78, 5) is 0. The van der Waals surface area contributed by atoms with Gasteiger partial charge in [-0.15, -0.1) is 0 Å². The lowest BCUT2D eigenvalue weighted by molar-refractivity contribution is 0.167. The number of hydrogen-bond donors (Lipinski definition) is 0. The van der Waals surface area contributed by atoms with E-state index in [0.717, 1.165) is 12.8 Å². The van der Waals surface area contributed by atoms with Gasteiger partial charge in [0.15, 0.2) is 0 Å². The van der Waals surface area contributed by atoms with Crippen LogP contribution in [-0.4, -0.2) is 32.1 Å². The Bertz CT molecular complexity index is 303. The van der Waals surface area contributed by atoms with Crippen molar-refractivity contribution in [1.82, 2.24) is 4.31 Å². The molecule has 2 unspecified atom stereocenters. The van der Waals surface area contributed by atoms with Crippen LogP contribution in [0.2, 0.25) is 0 Å². The molecule has 3 nitrogen and oxygen atoms in total. The number of rotatable bonds is 5. The first kappa shape index (κ1) is 15.9. The van der Waals surface area contributed by atoms with Crippen LogP contribution in [0.1, 0.15) is 47.5 Å². The third-order valence-corrected chi connectivity index (χ3v) is 4.58. The Morgan fingerprint density at radius 3 is 1.94 bits per heavy atom. The third kappa shape index (κ3) is 4.83. The average molecular weight is 249 g/mol. The zero-order valence-corrected chi connectivity index (χ0v) is 12.6. The van der Waals surface area contributed by atoms with Gasteiger partial charge < -0.3 is 0 Å². The van der Waals surface area contributed by atoms with Crippen LogP contribution in [0.3, 0.4) is 0 Å². The van der Waals surface area contributed by atoms with Crippen molar-refractivity contribution in [2.24, 2.45) is 11.3 Å². The Kier molecular flexibility index (Phi) is 5.47. The van der Waals surface area contributed by atoms with Gasteiger partial charge in [-0.25, -0.2) is 12.7 Å². The van der Waals surface area contributed by atoms with Gasteiger partial charge in [-0.3, -0.25) is 0 Å². The third-order valence-electron chi connectivity index (χ3n) is 3.28. The molecule has 0 aromatic carbocycles. The van der Waals surface area contributed by atoms with Crippen LogP contribution in [-0.2, 0) is 10.0 Å². The maximum atomic E-state index is 11.6. The summed E-state index contributed by atoms with van der Waals surface area (Å²) in [6.45, 7) is 10.6. The average Bonchev–Trinajstić information content (AvgIpc) is 2.09. The van der Waals surface area contributed by atoms with Crippen molar-refractivity contribution in [2.75, 3.05) is 13.3 Å². The van der Waals surface area contributed by atoms with Crippen molar-refractivity contribution >= 4 is 10.0 Å². The lowest BCUT2D eigenvalue weighted by atomic mass is 9.81. The normalized spacial score (nSPS) is 17.5. The van der Waals surface area contributed by atoms with Crippen molar-refractivity contribution in [3.63, 3.8) is 0 Å². The summed E-state index contributed by atoms with van der Waals surface area (Å²) < 4.78 is 24.8. The highest BCUT2D eigenvalue weighted by atomic mass is 32.2. The smallest absolute Gasteiger partial charge is 0.211 e. The molecule has 0 N–H and O–H groups in total. The van der Waals surface area contributed by atoms with Crippen molar-refractivity contribution < 1.29 is 8.42 Å². The fourth-order valence-corrected chi connectivity index (χ4v) is 2.69. The predicted octanol–water partition coefficient (Wildman–Crippen LogP) is 2.73. The molecule has 4 heteroatoms. The van der Waals surface area contributed by atoms with Crippen LogP contribution in [0.15, 0.2) is 0 Å². The summed E-state index contributed by atoms with van der Waals surface area (Å²) in [5.74, 6) is 0.549. The van der Waals surface area contributed by atoms with E-state index < -0.39 is 10.0 Å². The van der Waals surface area contributed by atoms with Gasteiger partial charge >= 0.3 is 0 Å². The van der Waals surface area contributed by atoms with Crippen molar-refractivity contribution in [1.29, 1.82) is 0 Å². The largest absolute Gasteiger partial charge is 0.213 e. The van der Waals surface area contributed by atoms with Crippen LogP contribution in [0.25, 0.3) is 0 Å². The Labute approximate surface area is 101 Å². The van der Waals surface area contributed by atoms with E-state index in [2.05, 4.69) is 34.6 Å². The second-order valence-corrected chi connectivity index (χ2v) is 7.95. The maximum absolute atomic E-state index is 11.6. The molecule has 0 rings (SSSR count). The lowest BCUT2D eigenvalue weighted by Gasteiger charge is -2.38. The SMILES string of the molecule is CCC(C)CC(N(C)S(C)(=O)=O)C(C)(C)C. The quantitative estimate of drug-likeness (QED) is 0.751. The molecular weight excluding hydrogens is 222 g/mol. The highest BCUT2D eigenvalue weighted by molar-refractivity contribution is 7.88. The van der Waals surface area contributed by atoms with E-state index >= 15 is 0 Å². The highest BCUT2D eigenvalue weighted by Crippen LogP contribution is 2.30. The minimum atomic E-state index is -3.11. The molecule has 98 valence electrons. The first-order valence-electron chi connectivity index (χ1n) is 5.93. The number of sulfonamides is 1. The van der Waals surface area contributed by atoms with Gasteiger partial charge in [-0.1, -0.05) is 41.0 Å². The molecule has 0 bridgehead atoms. The van der Waals surface area contributed by atoms with Crippen LogP contribution < -0.4 is 0 Å². The summed E-state index contributed by atoms with van der Waals surface area (Å²) in [6.07, 6.45) is 3.29. The Hall–Kier alpha value is -0.0900. The molecule has 0 radical (unpaired) electrons. The van der Waals surface area contributed by atoms with Crippen molar-refractivity contribution in [3.8, 4) is 0 Å². The summed E-state index contributed by atoms with van der Waals surface area (Å²) in [6, 6.07) is 0.0671. The van der Waals surface area contributed by atoms with Gasteiger partial charge in [0.2, 0.25) is 10.0 Å². The second-order valence-electron chi connectivity index (χ2n) is 5.91. The summed E-state index contributed by atoms with van der Waals surface area (Å²) in [5, 5.41) is 0. The van der Waals surface area contributed by atoms with Crippen LogP contribution >= 0.6 is 0 Å². The Morgan fingerprint density at radius 1 is 1.25 bits per heavy atom. The van der Waals surface area contributed by atoms with E-state index in [-0.39, 0.29) is 11.5 Å². The molecule has 16 heavy (non-hydrogen) atoms. The molecule has 0 heterocycles. The molecule has 0 saturated carbocycles. The molecule has 0 aromatic heterocycles. The summed E-state index contributed by atoms with van der Waals surface area (Å²) in [7, 11) is -1.42. The summed E-state index contributed by atoms with van der Waals surface area (Å²) in [5.41, 5.74) is -0.0265. The van der Waals surface area contributed by atoms with Gasteiger partial charge in [-0.2, -0.15) is 0 Å². The zero-order valence-electron chi connectivity index (χ0n) is 11.7. The minimum absolute atomic E-state index is 0.0265. The minimum Gasteiger partial charge on any atom is -0.213 e. The molecule has 0 aliphatic rings. The fourth-order valence-electron chi connectivity index (χ4n) is 1.83. The van der Waals surface area contributed by atoms with Crippen molar-refractivity contribution in [3.05, 3.63) is 0 Å².